The van der Waals surface area contributed by atoms with Gasteiger partial charge >= 0.3 is 0 Å². The predicted molar refractivity (Wildman–Crippen MR) is 111 cm³/mol. The van der Waals surface area contributed by atoms with Crippen LogP contribution in [0.5, 0.6) is 0 Å². The summed E-state index contributed by atoms with van der Waals surface area (Å²) in [6.07, 6.45) is 3.39. The molecule has 1 aliphatic carbocycles. The van der Waals surface area contributed by atoms with Gasteiger partial charge in [-0.25, -0.2) is 0 Å². The fourth-order valence-corrected chi connectivity index (χ4v) is 4.29. The Bertz CT molecular complexity index is 860. The van der Waals surface area contributed by atoms with E-state index in [0.29, 0.717) is 26.1 Å². The van der Waals surface area contributed by atoms with Crippen molar-refractivity contribution in [2.45, 2.75) is 32.6 Å². The molecule has 2 fully saturated rings. The van der Waals surface area contributed by atoms with Gasteiger partial charge in [0.05, 0.1) is 5.41 Å². The summed E-state index contributed by atoms with van der Waals surface area (Å²) in [6, 6.07) is 18.7. The van der Waals surface area contributed by atoms with Crippen LogP contribution in [0.3, 0.4) is 0 Å². The number of hydrogen-bond acceptors (Lipinski definition) is 2. The molecule has 0 aromatic heterocycles. The van der Waals surface area contributed by atoms with E-state index in [-0.39, 0.29) is 17.7 Å². The minimum atomic E-state index is -0.532. The third-order valence-corrected chi connectivity index (χ3v) is 5.99. The molecule has 2 aromatic carbocycles. The lowest BCUT2D eigenvalue weighted by atomic mass is 9.79. The summed E-state index contributed by atoms with van der Waals surface area (Å²) in [6.45, 7) is 3.78. The zero-order valence-corrected chi connectivity index (χ0v) is 16.5. The third-order valence-electron chi connectivity index (χ3n) is 5.99. The SMILES string of the molecule is CCNC(=O)[C@]1(Cc2cccc(-c3ccccc3)c2)CCN(C(=O)C2CC2)C1. The zero-order chi connectivity index (χ0) is 19.6. The number of carbonyl (C=O) groups excluding carboxylic acids is 2. The molecule has 1 heterocycles. The lowest BCUT2D eigenvalue weighted by molar-refractivity contribution is -0.134. The van der Waals surface area contributed by atoms with Crippen LogP contribution in [0.4, 0.5) is 0 Å². The summed E-state index contributed by atoms with van der Waals surface area (Å²) >= 11 is 0. The van der Waals surface area contributed by atoms with Crippen LogP contribution in [0.1, 0.15) is 31.7 Å². The molecule has 1 N–H and O–H groups in total. The van der Waals surface area contributed by atoms with Gasteiger partial charge in [-0.3, -0.25) is 9.59 Å². The molecular formula is C24H28N2O2. The molecule has 28 heavy (non-hydrogen) atoms. The van der Waals surface area contributed by atoms with E-state index in [1.54, 1.807) is 0 Å². The van der Waals surface area contributed by atoms with Gasteiger partial charge in [0.2, 0.25) is 11.8 Å². The number of benzene rings is 2. The van der Waals surface area contributed by atoms with E-state index < -0.39 is 5.41 Å². The van der Waals surface area contributed by atoms with Crippen LogP contribution < -0.4 is 5.32 Å². The molecule has 1 saturated carbocycles. The Morgan fingerprint density at radius 1 is 1.07 bits per heavy atom. The molecule has 1 atom stereocenters. The molecule has 2 aliphatic rings. The van der Waals surface area contributed by atoms with Crippen molar-refractivity contribution in [1.29, 1.82) is 0 Å². The van der Waals surface area contributed by atoms with Crippen LogP contribution >= 0.6 is 0 Å². The Morgan fingerprint density at radius 3 is 2.54 bits per heavy atom. The molecule has 0 radical (unpaired) electrons. The lowest BCUT2D eigenvalue weighted by Crippen LogP contribution is -2.45. The van der Waals surface area contributed by atoms with Crippen LogP contribution in [0.15, 0.2) is 54.6 Å². The number of nitrogens with zero attached hydrogens (tertiary/aromatic N) is 1. The smallest absolute Gasteiger partial charge is 0.228 e. The Morgan fingerprint density at radius 2 is 1.82 bits per heavy atom. The van der Waals surface area contributed by atoms with Gasteiger partial charge in [0.25, 0.3) is 0 Å². The normalized spacial score (nSPS) is 21.5. The van der Waals surface area contributed by atoms with E-state index in [4.69, 9.17) is 0 Å². The first-order valence-corrected chi connectivity index (χ1v) is 10.3. The average molecular weight is 377 g/mol. The number of carbonyl (C=O) groups is 2. The zero-order valence-electron chi connectivity index (χ0n) is 16.5. The summed E-state index contributed by atoms with van der Waals surface area (Å²) in [4.78, 5) is 27.5. The van der Waals surface area contributed by atoms with Gasteiger partial charge in [-0.2, -0.15) is 0 Å². The molecule has 2 amide bonds. The van der Waals surface area contributed by atoms with E-state index in [0.717, 1.165) is 30.4 Å². The van der Waals surface area contributed by atoms with Crippen molar-refractivity contribution < 1.29 is 9.59 Å². The molecule has 0 bridgehead atoms. The number of rotatable bonds is 6. The predicted octanol–water partition coefficient (Wildman–Crippen LogP) is 3.66. The quantitative estimate of drug-likeness (QED) is 0.836. The highest BCUT2D eigenvalue weighted by molar-refractivity contribution is 5.87. The van der Waals surface area contributed by atoms with E-state index in [2.05, 4.69) is 41.7 Å². The molecule has 1 aliphatic heterocycles. The van der Waals surface area contributed by atoms with E-state index in [1.807, 2.05) is 30.0 Å². The second-order valence-corrected chi connectivity index (χ2v) is 8.17. The molecule has 1 saturated heterocycles. The molecular weight excluding hydrogens is 348 g/mol. The van der Waals surface area contributed by atoms with E-state index in [9.17, 15) is 9.59 Å². The maximum absolute atomic E-state index is 13.0. The van der Waals surface area contributed by atoms with Gasteiger partial charge in [0.1, 0.15) is 0 Å². The van der Waals surface area contributed by atoms with Gasteiger partial charge in [-0.1, -0.05) is 54.6 Å². The van der Waals surface area contributed by atoms with Gasteiger partial charge in [-0.05, 0) is 49.3 Å². The third kappa shape index (κ3) is 3.82. The Hall–Kier alpha value is -2.62. The van der Waals surface area contributed by atoms with Crippen molar-refractivity contribution in [2.75, 3.05) is 19.6 Å². The van der Waals surface area contributed by atoms with E-state index >= 15 is 0 Å². The largest absolute Gasteiger partial charge is 0.356 e. The fraction of sp³-hybridized carbons (Fsp3) is 0.417. The van der Waals surface area contributed by atoms with Crippen LogP contribution in [-0.2, 0) is 16.0 Å². The number of likely N-dealkylation sites (tertiary alicyclic amines) is 1. The van der Waals surface area contributed by atoms with Crippen LogP contribution in [0.2, 0.25) is 0 Å². The second kappa shape index (κ2) is 7.78. The highest BCUT2D eigenvalue weighted by Gasteiger charge is 2.47. The van der Waals surface area contributed by atoms with Crippen molar-refractivity contribution in [2.24, 2.45) is 11.3 Å². The highest BCUT2D eigenvalue weighted by Crippen LogP contribution is 2.39. The Kier molecular flexibility index (Phi) is 5.21. The molecule has 4 nitrogen and oxygen atoms in total. The first kappa shape index (κ1) is 18.7. The van der Waals surface area contributed by atoms with Crippen molar-refractivity contribution in [3.05, 3.63) is 60.2 Å². The summed E-state index contributed by atoms with van der Waals surface area (Å²) < 4.78 is 0. The molecule has 0 spiro atoms. The van der Waals surface area contributed by atoms with Crippen molar-refractivity contribution in [3.8, 4) is 11.1 Å². The first-order valence-electron chi connectivity index (χ1n) is 10.3. The van der Waals surface area contributed by atoms with Gasteiger partial charge in [0.15, 0.2) is 0 Å². The summed E-state index contributed by atoms with van der Waals surface area (Å²) in [5, 5.41) is 3.02. The minimum absolute atomic E-state index is 0.0752. The van der Waals surface area contributed by atoms with Crippen LogP contribution in [-0.4, -0.2) is 36.3 Å². The average Bonchev–Trinajstić information content (AvgIpc) is 3.49. The second-order valence-electron chi connectivity index (χ2n) is 8.17. The standard InChI is InChI=1S/C24H28N2O2/c1-2-25-23(28)24(13-14-26(17-24)22(27)20-11-12-20)16-18-7-6-10-21(15-18)19-8-4-3-5-9-19/h3-10,15,20H,2,11-14,16-17H2,1H3,(H,25,28)/t24-/m0/s1. The van der Waals surface area contributed by atoms with E-state index in [1.165, 1.54) is 5.56 Å². The molecule has 4 heteroatoms. The Balaban J connectivity index is 1.58. The molecule has 4 rings (SSSR count). The maximum Gasteiger partial charge on any atom is 0.228 e. The van der Waals surface area contributed by atoms with Crippen LogP contribution in [0.25, 0.3) is 11.1 Å². The Labute approximate surface area is 166 Å². The van der Waals surface area contributed by atoms with Gasteiger partial charge in [0, 0.05) is 25.6 Å². The van der Waals surface area contributed by atoms with Crippen LogP contribution in [0, 0.1) is 11.3 Å². The monoisotopic (exact) mass is 376 g/mol. The van der Waals surface area contributed by atoms with Gasteiger partial charge in [-0.15, -0.1) is 0 Å². The molecule has 2 aromatic rings. The summed E-state index contributed by atoms with van der Waals surface area (Å²) in [7, 11) is 0. The van der Waals surface area contributed by atoms with Crippen molar-refractivity contribution in [3.63, 3.8) is 0 Å². The lowest BCUT2D eigenvalue weighted by Gasteiger charge is -2.28. The fourth-order valence-electron chi connectivity index (χ4n) is 4.29. The maximum atomic E-state index is 13.0. The van der Waals surface area contributed by atoms with Crippen molar-refractivity contribution >= 4 is 11.8 Å². The van der Waals surface area contributed by atoms with Gasteiger partial charge < -0.3 is 10.2 Å². The van der Waals surface area contributed by atoms with Crippen molar-refractivity contribution in [1.82, 2.24) is 10.2 Å². The topological polar surface area (TPSA) is 49.4 Å². The molecule has 146 valence electrons. The summed E-state index contributed by atoms with van der Waals surface area (Å²) in [5.74, 6) is 0.516. The summed E-state index contributed by atoms with van der Waals surface area (Å²) in [5.41, 5.74) is 2.95. The number of amides is 2. The first-order chi connectivity index (χ1) is 13.6. The minimum Gasteiger partial charge on any atom is -0.356 e. The number of nitrogens with one attached hydrogen (secondary N) is 1. The number of hydrogen-bond donors (Lipinski definition) is 1. The highest BCUT2D eigenvalue weighted by atomic mass is 16.2. The molecule has 0 unspecified atom stereocenters.